The molecule has 0 atom stereocenters. The number of aromatic nitrogens is 1. The Morgan fingerprint density at radius 2 is 1.83 bits per heavy atom. The van der Waals surface area contributed by atoms with Gasteiger partial charge in [0.25, 0.3) is 0 Å². The van der Waals surface area contributed by atoms with Gasteiger partial charge in [0, 0.05) is 11.3 Å². The third-order valence-electron chi connectivity index (χ3n) is 5.77. The highest BCUT2D eigenvalue weighted by Crippen LogP contribution is 2.38. The van der Waals surface area contributed by atoms with Crippen LogP contribution in [0.4, 0.5) is 10.2 Å². The van der Waals surface area contributed by atoms with Gasteiger partial charge in [0.1, 0.15) is 35.6 Å². The zero-order valence-electron chi connectivity index (χ0n) is 17.3. The van der Waals surface area contributed by atoms with Crippen LogP contribution in [-0.2, 0) is 19.4 Å². The predicted molar refractivity (Wildman–Crippen MR) is 116 cm³/mol. The molecular weight excluding hydrogens is 377 g/mol. The van der Waals surface area contributed by atoms with E-state index in [2.05, 4.69) is 30.1 Å². The normalized spacial score (nSPS) is 12.9. The monoisotopic (exact) mass is 401 g/mol. The summed E-state index contributed by atoms with van der Waals surface area (Å²) >= 11 is 0. The molecule has 0 saturated heterocycles. The molecule has 0 unspecified atom stereocenters. The number of hydrogen-bond donors (Lipinski definition) is 1. The van der Waals surface area contributed by atoms with Gasteiger partial charge in [0.15, 0.2) is 0 Å². The predicted octanol–water partition coefficient (Wildman–Crippen LogP) is 5.42. The van der Waals surface area contributed by atoms with Gasteiger partial charge in [-0.05, 0) is 97.7 Å². The molecule has 2 N–H and O–H groups in total. The van der Waals surface area contributed by atoms with Gasteiger partial charge in [-0.25, -0.2) is 9.37 Å². The van der Waals surface area contributed by atoms with E-state index in [1.54, 1.807) is 12.1 Å². The van der Waals surface area contributed by atoms with Gasteiger partial charge in [-0.2, -0.15) is 5.26 Å². The fourth-order valence-electron chi connectivity index (χ4n) is 4.19. The van der Waals surface area contributed by atoms with E-state index in [-0.39, 0.29) is 5.82 Å². The first-order valence-electron chi connectivity index (χ1n) is 10.2. The number of hydrogen-bond acceptors (Lipinski definition) is 4. The molecule has 1 aliphatic rings. The molecule has 0 spiro atoms. The maximum absolute atomic E-state index is 13.1. The molecule has 3 aromatic rings. The number of nitrogens with zero attached hydrogens (tertiary/aromatic N) is 2. The number of nitrogens with two attached hydrogens (primary N) is 1. The standard InChI is InChI=1S/C25H24FN3O/c1-15-11-16(2)21(12-17(15)14-30-19-9-7-18(26)8-10-19)24-20-5-3-4-6-23(20)29-25(28)22(24)13-27/h7-12H,3-6,14H2,1-2H3,(H2,28,29). The summed E-state index contributed by atoms with van der Waals surface area (Å²) < 4.78 is 19.0. The lowest BCUT2D eigenvalue weighted by Gasteiger charge is -2.23. The molecule has 0 aliphatic heterocycles. The molecule has 5 heteroatoms. The Bertz CT molecular complexity index is 1150. The largest absolute Gasteiger partial charge is 0.489 e. The molecule has 0 bridgehead atoms. The number of benzene rings is 2. The lowest BCUT2D eigenvalue weighted by Crippen LogP contribution is -2.12. The van der Waals surface area contributed by atoms with Gasteiger partial charge in [0.2, 0.25) is 0 Å². The van der Waals surface area contributed by atoms with E-state index in [1.807, 2.05) is 6.92 Å². The summed E-state index contributed by atoms with van der Waals surface area (Å²) in [4.78, 5) is 4.52. The number of anilines is 1. The first-order chi connectivity index (χ1) is 14.5. The second-order valence-corrected chi connectivity index (χ2v) is 7.83. The summed E-state index contributed by atoms with van der Waals surface area (Å²) in [7, 11) is 0. The summed E-state index contributed by atoms with van der Waals surface area (Å²) in [6.07, 6.45) is 3.97. The first-order valence-corrected chi connectivity index (χ1v) is 10.2. The fraction of sp³-hybridized carbons (Fsp3) is 0.280. The number of fused-ring (bicyclic) bond motifs is 1. The molecule has 4 rings (SSSR count). The third-order valence-corrected chi connectivity index (χ3v) is 5.77. The minimum Gasteiger partial charge on any atom is -0.489 e. The SMILES string of the molecule is Cc1cc(C)c(-c2c(C#N)c(N)nc3c2CCCC3)cc1COc1ccc(F)cc1. The molecule has 1 aromatic heterocycles. The molecule has 0 fully saturated rings. The van der Waals surface area contributed by atoms with E-state index >= 15 is 0 Å². The van der Waals surface area contributed by atoms with Gasteiger partial charge >= 0.3 is 0 Å². The quantitative estimate of drug-likeness (QED) is 0.634. The molecule has 30 heavy (non-hydrogen) atoms. The van der Waals surface area contributed by atoms with Crippen LogP contribution in [0.3, 0.4) is 0 Å². The summed E-state index contributed by atoms with van der Waals surface area (Å²) in [5.41, 5.74) is 13.9. The van der Waals surface area contributed by atoms with Gasteiger partial charge in [-0.15, -0.1) is 0 Å². The summed E-state index contributed by atoms with van der Waals surface area (Å²) in [6, 6.07) is 12.5. The van der Waals surface area contributed by atoms with Crippen molar-refractivity contribution in [2.75, 3.05) is 5.73 Å². The molecule has 152 valence electrons. The number of aryl methyl sites for hydroxylation is 3. The lowest BCUT2D eigenvalue weighted by atomic mass is 9.84. The second kappa shape index (κ2) is 8.16. The van der Waals surface area contributed by atoms with E-state index in [0.717, 1.165) is 64.8 Å². The van der Waals surface area contributed by atoms with Gasteiger partial charge in [-0.3, -0.25) is 0 Å². The van der Waals surface area contributed by atoms with Crippen molar-refractivity contribution in [1.29, 1.82) is 5.26 Å². The fourth-order valence-corrected chi connectivity index (χ4v) is 4.19. The molecule has 0 radical (unpaired) electrons. The molecule has 1 aliphatic carbocycles. The van der Waals surface area contributed by atoms with Crippen molar-refractivity contribution < 1.29 is 9.13 Å². The van der Waals surface area contributed by atoms with Gasteiger partial charge in [-0.1, -0.05) is 6.07 Å². The number of nitriles is 1. The number of nitrogen functional groups attached to an aromatic ring is 1. The Labute approximate surface area is 176 Å². The van der Waals surface area contributed by atoms with Crippen molar-refractivity contribution in [3.8, 4) is 22.9 Å². The summed E-state index contributed by atoms with van der Waals surface area (Å²) in [6.45, 7) is 4.46. The highest BCUT2D eigenvalue weighted by molar-refractivity contribution is 5.81. The van der Waals surface area contributed by atoms with Crippen LogP contribution in [0.2, 0.25) is 0 Å². The van der Waals surface area contributed by atoms with Crippen molar-refractivity contribution in [2.24, 2.45) is 0 Å². The van der Waals surface area contributed by atoms with E-state index in [0.29, 0.717) is 23.7 Å². The second-order valence-electron chi connectivity index (χ2n) is 7.83. The Balaban J connectivity index is 1.78. The van der Waals surface area contributed by atoms with E-state index < -0.39 is 0 Å². The number of halogens is 1. The summed E-state index contributed by atoms with van der Waals surface area (Å²) in [5, 5.41) is 9.83. The van der Waals surface area contributed by atoms with Crippen LogP contribution in [-0.4, -0.2) is 4.98 Å². The lowest BCUT2D eigenvalue weighted by molar-refractivity contribution is 0.305. The van der Waals surface area contributed by atoms with Crippen molar-refractivity contribution in [3.63, 3.8) is 0 Å². The highest BCUT2D eigenvalue weighted by atomic mass is 19.1. The van der Waals surface area contributed by atoms with Gasteiger partial charge in [0.05, 0.1) is 0 Å². The average molecular weight is 401 g/mol. The van der Waals surface area contributed by atoms with Crippen LogP contribution in [0.5, 0.6) is 5.75 Å². The third kappa shape index (κ3) is 3.73. The molecule has 4 nitrogen and oxygen atoms in total. The minimum atomic E-state index is -0.291. The minimum absolute atomic E-state index is 0.291. The molecule has 0 amide bonds. The number of ether oxygens (including phenoxy) is 1. The average Bonchev–Trinajstić information content (AvgIpc) is 2.73. The first kappa shape index (κ1) is 19.9. The Morgan fingerprint density at radius 3 is 2.57 bits per heavy atom. The van der Waals surface area contributed by atoms with Crippen LogP contribution in [0.15, 0.2) is 36.4 Å². The highest BCUT2D eigenvalue weighted by Gasteiger charge is 2.23. The van der Waals surface area contributed by atoms with Gasteiger partial charge < -0.3 is 10.5 Å². The maximum atomic E-state index is 13.1. The van der Waals surface area contributed by atoms with Crippen LogP contribution in [0, 0.1) is 31.0 Å². The molecule has 0 saturated carbocycles. The van der Waals surface area contributed by atoms with E-state index in [4.69, 9.17) is 10.5 Å². The van der Waals surface area contributed by atoms with Crippen molar-refractivity contribution in [3.05, 3.63) is 75.7 Å². The zero-order valence-corrected chi connectivity index (χ0v) is 17.3. The van der Waals surface area contributed by atoms with Crippen molar-refractivity contribution in [2.45, 2.75) is 46.1 Å². The maximum Gasteiger partial charge on any atom is 0.142 e. The molecule has 2 aromatic carbocycles. The van der Waals surface area contributed by atoms with E-state index in [1.165, 1.54) is 12.1 Å². The topological polar surface area (TPSA) is 71.9 Å². The van der Waals surface area contributed by atoms with Crippen LogP contribution >= 0.6 is 0 Å². The van der Waals surface area contributed by atoms with E-state index in [9.17, 15) is 9.65 Å². The van der Waals surface area contributed by atoms with Crippen molar-refractivity contribution >= 4 is 5.82 Å². The van der Waals surface area contributed by atoms with Crippen molar-refractivity contribution in [1.82, 2.24) is 4.98 Å². The number of rotatable bonds is 4. The zero-order chi connectivity index (χ0) is 21.3. The number of pyridine rings is 1. The van der Waals surface area contributed by atoms with Crippen LogP contribution < -0.4 is 10.5 Å². The smallest absolute Gasteiger partial charge is 0.142 e. The molecular formula is C25H24FN3O. The Morgan fingerprint density at radius 1 is 1.10 bits per heavy atom. The van der Waals surface area contributed by atoms with Crippen LogP contribution in [0.25, 0.3) is 11.1 Å². The van der Waals surface area contributed by atoms with Crippen LogP contribution in [0.1, 0.15) is 46.4 Å². The summed E-state index contributed by atoms with van der Waals surface area (Å²) in [5.74, 6) is 0.624. The molecule has 1 heterocycles. The Kier molecular flexibility index (Phi) is 5.41. The Hall–Kier alpha value is -3.39.